The van der Waals surface area contributed by atoms with Crippen molar-refractivity contribution < 1.29 is 4.74 Å². The highest BCUT2D eigenvalue weighted by Crippen LogP contribution is 2.42. The number of anilines is 1. The Balaban J connectivity index is 1.86. The van der Waals surface area contributed by atoms with Gasteiger partial charge in [0, 0.05) is 29.6 Å². The third-order valence-corrected chi connectivity index (χ3v) is 6.96. The van der Waals surface area contributed by atoms with Crippen molar-refractivity contribution in [3.8, 4) is 0 Å². The molecule has 1 N–H and O–H groups in total. The maximum Gasteiger partial charge on any atom is 0.189 e. The van der Waals surface area contributed by atoms with Crippen LogP contribution in [0.3, 0.4) is 0 Å². The van der Waals surface area contributed by atoms with E-state index in [0.717, 1.165) is 57.6 Å². The van der Waals surface area contributed by atoms with Crippen molar-refractivity contribution in [2.24, 2.45) is 0 Å². The van der Waals surface area contributed by atoms with Crippen molar-refractivity contribution in [3.63, 3.8) is 0 Å². The standard InChI is InChI=1S/C21H29N5OS2/c1-12-14-11-27-21(2,3)10-13(14)15-16-17(29-19(15)23-12)18(25-20(24-16)28-6)22-8-7-9-26(4)5/h7-11H2,1-6H3,(H,22,24,25). The van der Waals surface area contributed by atoms with Gasteiger partial charge in [0.1, 0.15) is 10.6 Å². The minimum Gasteiger partial charge on any atom is -0.370 e. The minimum absolute atomic E-state index is 0.176. The predicted molar refractivity (Wildman–Crippen MR) is 123 cm³/mol. The van der Waals surface area contributed by atoms with E-state index in [4.69, 9.17) is 19.7 Å². The van der Waals surface area contributed by atoms with Gasteiger partial charge in [-0.1, -0.05) is 11.8 Å². The summed E-state index contributed by atoms with van der Waals surface area (Å²) in [5.41, 5.74) is 4.49. The van der Waals surface area contributed by atoms with Gasteiger partial charge in [0.2, 0.25) is 0 Å². The summed E-state index contributed by atoms with van der Waals surface area (Å²) in [4.78, 5) is 17.9. The molecular formula is C21H29N5OS2. The molecule has 0 fully saturated rings. The minimum atomic E-state index is -0.176. The molecule has 0 amide bonds. The number of rotatable bonds is 6. The predicted octanol–water partition coefficient (Wildman–Crippen LogP) is 4.48. The monoisotopic (exact) mass is 431 g/mol. The van der Waals surface area contributed by atoms with Crippen molar-refractivity contribution in [1.29, 1.82) is 0 Å². The molecule has 1 aliphatic heterocycles. The number of hydrogen-bond donors (Lipinski definition) is 1. The van der Waals surface area contributed by atoms with Crippen LogP contribution in [-0.4, -0.2) is 58.9 Å². The molecular weight excluding hydrogens is 402 g/mol. The van der Waals surface area contributed by atoms with E-state index in [2.05, 4.69) is 45.1 Å². The van der Waals surface area contributed by atoms with Crippen LogP contribution in [0.4, 0.5) is 5.82 Å². The Morgan fingerprint density at radius 3 is 2.72 bits per heavy atom. The number of hydrogen-bond acceptors (Lipinski definition) is 8. The quantitative estimate of drug-likeness (QED) is 0.351. The summed E-state index contributed by atoms with van der Waals surface area (Å²) in [6.07, 6.45) is 3.97. The first-order valence-electron chi connectivity index (χ1n) is 9.98. The van der Waals surface area contributed by atoms with Gasteiger partial charge in [0.15, 0.2) is 5.16 Å². The van der Waals surface area contributed by atoms with E-state index >= 15 is 0 Å². The molecule has 8 heteroatoms. The molecule has 0 radical (unpaired) electrons. The lowest BCUT2D eigenvalue weighted by Gasteiger charge is -2.32. The van der Waals surface area contributed by atoms with Crippen LogP contribution in [0.2, 0.25) is 0 Å². The fraction of sp³-hybridized carbons (Fsp3) is 0.571. The lowest BCUT2D eigenvalue weighted by Crippen LogP contribution is -2.32. The zero-order valence-electron chi connectivity index (χ0n) is 18.0. The van der Waals surface area contributed by atoms with Crippen molar-refractivity contribution in [2.45, 2.75) is 51.0 Å². The lowest BCUT2D eigenvalue weighted by molar-refractivity contribution is -0.0400. The maximum atomic E-state index is 6.07. The molecule has 3 aromatic rings. The van der Waals surface area contributed by atoms with Gasteiger partial charge in [-0.2, -0.15) is 0 Å². The molecule has 156 valence electrons. The zero-order chi connectivity index (χ0) is 20.8. The van der Waals surface area contributed by atoms with Crippen LogP contribution in [0.25, 0.3) is 20.4 Å². The van der Waals surface area contributed by atoms with E-state index in [-0.39, 0.29) is 5.60 Å². The van der Waals surface area contributed by atoms with Gasteiger partial charge >= 0.3 is 0 Å². The molecule has 0 aliphatic carbocycles. The molecule has 0 spiro atoms. The van der Waals surface area contributed by atoms with E-state index in [1.807, 2.05) is 6.26 Å². The molecule has 0 bridgehead atoms. The molecule has 4 heterocycles. The third kappa shape index (κ3) is 4.08. The first kappa shape index (κ1) is 20.8. The van der Waals surface area contributed by atoms with Gasteiger partial charge in [-0.25, -0.2) is 15.0 Å². The van der Waals surface area contributed by atoms with Crippen LogP contribution in [0, 0.1) is 6.92 Å². The summed E-state index contributed by atoms with van der Waals surface area (Å²) in [7, 11) is 4.20. The van der Waals surface area contributed by atoms with Gasteiger partial charge in [-0.05, 0) is 59.7 Å². The summed E-state index contributed by atoms with van der Waals surface area (Å²) in [5.74, 6) is 0.929. The van der Waals surface area contributed by atoms with Crippen molar-refractivity contribution in [1.82, 2.24) is 19.9 Å². The second-order valence-electron chi connectivity index (χ2n) is 8.48. The summed E-state index contributed by atoms with van der Waals surface area (Å²) in [6.45, 7) is 8.96. The fourth-order valence-electron chi connectivity index (χ4n) is 3.83. The third-order valence-electron chi connectivity index (χ3n) is 5.33. The van der Waals surface area contributed by atoms with Crippen LogP contribution < -0.4 is 5.32 Å². The fourth-order valence-corrected chi connectivity index (χ4v) is 5.35. The van der Waals surface area contributed by atoms with Crippen LogP contribution in [0.1, 0.15) is 37.1 Å². The normalized spacial score (nSPS) is 16.0. The van der Waals surface area contributed by atoms with E-state index in [1.54, 1.807) is 23.1 Å². The Hall–Kier alpha value is -1.48. The first-order chi connectivity index (χ1) is 13.8. The number of thiophene rings is 1. The Morgan fingerprint density at radius 1 is 1.21 bits per heavy atom. The molecule has 0 saturated heterocycles. The number of aryl methyl sites for hydroxylation is 1. The second-order valence-corrected chi connectivity index (χ2v) is 10.3. The van der Waals surface area contributed by atoms with Crippen molar-refractivity contribution in [3.05, 3.63) is 16.8 Å². The Kier molecular flexibility index (Phi) is 5.72. The van der Waals surface area contributed by atoms with E-state index < -0.39 is 0 Å². The molecule has 0 atom stereocenters. The number of thioether (sulfide) groups is 1. The van der Waals surface area contributed by atoms with Gasteiger partial charge in [0.05, 0.1) is 22.4 Å². The molecule has 3 aromatic heterocycles. The van der Waals surface area contributed by atoms with Gasteiger partial charge in [-0.3, -0.25) is 0 Å². The molecule has 0 aromatic carbocycles. The molecule has 1 aliphatic rings. The van der Waals surface area contributed by atoms with Crippen LogP contribution in [-0.2, 0) is 17.8 Å². The number of nitrogens with one attached hydrogen (secondary N) is 1. The van der Waals surface area contributed by atoms with Gasteiger partial charge < -0.3 is 15.0 Å². The summed E-state index contributed by atoms with van der Waals surface area (Å²) in [6, 6.07) is 0. The van der Waals surface area contributed by atoms with Crippen LogP contribution in [0.5, 0.6) is 0 Å². The highest BCUT2D eigenvalue weighted by molar-refractivity contribution is 7.98. The highest BCUT2D eigenvalue weighted by atomic mass is 32.2. The van der Waals surface area contributed by atoms with Crippen LogP contribution >= 0.6 is 23.1 Å². The van der Waals surface area contributed by atoms with Crippen molar-refractivity contribution >= 4 is 49.3 Å². The highest BCUT2D eigenvalue weighted by Gasteiger charge is 2.31. The average molecular weight is 432 g/mol. The van der Waals surface area contributed by atoms with Crippen LogP contribution in [0.15, 0.2) is 5.16 Å². The number of pyridine rings is 1. The number of nitrogens with zero attached hydrogens (tertiary/aromatic N) is 4. The number of ether oxygens (including phenoxy) is 1. The Bertz CT molecular complexity index is 1060. The Labute approximate surface area is 180 Å². The Morgan fingerprint density at radius 2 is 2.00 bits per heavy atom. The molecule has 4 rings (SSSR count). The molecule has 29 heavy (non-hydrogen) atoms. The molecule has 0 saturated carbocycles. The summed E-state index contributed by atoms with van der Waals surface area (Å²) < 4.78 is 7.18. The lowest BCUT2D eigenvalue weighted by atomic mass is 9.89. The van der Waals surface area contributed by atoms with E-state index in [9.17, 15) is 0 Å². The topological polar surface area (TPSA) is 63.2 Å². The second kappa shape index (κ2) is 7.98. The van der Waals surface area contributed by atoms with Crippen molar-refractivity contribution in [2.75, 3.05) is 38.8 Å². The average Bonchev–Trinajstić information content (AvgIpc) is 3.02. The zero-order valence-corrected chi connectivity index (χ0v) is 19.7. The molecule has 0 unspecified atom stereocenters. The maximum absolute atomic E-state index is 6.07. The summed E-state index contributed by atoms with van der Waals surface area (Å²) in [5, 5.41) is 5.55. The van der Waals surface area contributed by atoms with E-state index in [0.29, 0.717) is 6.61 Å². The number of fused-ring (bicyclic) bond motifs is 5. The molecule has 6 nitrogen and oxygen atoms in total. The van der Waals surface area contributed by atoms with Gasteiger partial charge in [-0.15, -0.1) is 11.3 Å². The van der Waals surface area contributed by atoms with Gasteiger partial charge in [0.25, 0.3) is 0 Å². The van der Waals surface area contributed by atoms with E-state index in [1.165, 1.54) is 16.5 Å². The summed E-state index contributed by atoms with van der Waals surface area (Å²) >= 11 is 3.28. The SMILES string of the molecule is CSc1nc(NCCCN(C)C)c2sc3nc(C)c4c(c3c2n1)CC(C)(C)OC4. The smallest absolute Gasteiger partial charge is 0.189 e. The first-order valence-corrected chi connectivity index (χ1v) is 12.0. The number of aromatic nitrogens is 3. The largest absolute Gasteiger partial charge is 0.370 e.